The number of quaternary nitrogens is 1. The number of nitrogens with one attached hydrogen (secondary N) is 3. The van der Waals surface area contributed by atoms with Gasteiger partial charge in [0.15, 0.2) is 18.2 Å². The number of amides is 1. The minimum Gasteiger partial charge on any atom is -0.459 e. The number of pyridine rings is 1. The van der Waals surface area contributed by atoms with E-state index >= 15 is 0 Å². The molecule has 1 fully saturated rings. The van der Waals surface area contributed by atoms with Crippen molar-refractivity contribution in [2.24, 2.45) is 0 Å². The first-order chi connectivity index (χ1) is 17.0. The lowest BCUT2D eigenvalue weighted by Crippen LogP contribution is -3.15. The summed E-state index contributed by atoms with van der Waals surface area (Å²) < 4.78 is 19.7. The van der Waals surface area contributed by atoms with Gasteiger partial charge in [-0.2, -0.15) is 0 Å². The molecule has 4 heterocycles. The number of nitrogens with zero attached hydrogens (tertiary/aromatic N) is 1. The topological polar surface area (TPSA) is 64.1 Å². The fraction of sp³-hybridized carbons (Fsp3) is 0.259. The van der Waals surface area contributed by atoms with E-state index in [2.05, 4.69) is 35.1 Å². The number of aromatic amines is 1. The minimum atomic E-state index is -0.254. The number of thiophene rings is 1. The van der Waals surface area contributed by atoms with E-state index in [0.717, 1.165) is 42.3 Å². The molecular weight excluding hydrogens is 463 g/mol. The highest BCUT2D eigenvalue weighted by Gasteiger charge is 2.36. The van der Waals surface area contributed by atoms with Gasteiger partial charge in [0, 0.05) is 10.9 Å². The molecule has 8 heteroatoms. The number of hydrogen-bond acceptors (Lipinski definition) is 4. The molecule has 1 atom stereocenters. The van der Waals surface area contributed by atoms with Gasteiger partial charge in [0.2, 0.25) is 0 Å². The van der Waals surface area contributed by atoms with Crippen molar-refractivity contribution in [1.82, 2.24) is 0 Å². The predicted octanol–water partition coefficient (Wildman–Crippen LogP) is 3.66. The van der Waals surface area contributed by atoms with Crippen molar-refractivity contribution < 1.29 is 23.5 Å². The van der Waals surface area contributed by atoms with E-state index in [0.29, 0.717) is 5.69 Å². The van der Waals surface area contributed by atoms with Crippen LogP contribution < -0.4 is 20.1 Å². The van der Waals surface area contributed by atoms with Crippen molar-refractivity contribution in [3.63, 3.8) is 0 Å². The molecule has 0 aliphatic carbocycles. The zero-order valence-corrected chi connectivity index (χ0v) is 20.6. The van der Waals surface area contributed by atoms with Crippen molar-refractivity contribution in [3.8, 4) is 0 Å². The van der Waals surface area contributed by atoms with E-state index in [1.807, 2.05) is 30.6 Å². The molecule has 1 aliphatic rings. The molecule has 3 aromatic heterocycles. The molecule has 1 aromatic carbocycles. The number of H-pyrrole nitrogens is 1. The van der Waals surface area contributed by atoms with Gasteiger partial charge in [-0.15, -0.1) is 11.3 Å². The lowest BCUT2D eigenvalue weighted by atomic mass is 9.95. The summed E-state index contributed by atoms with van der Waals surface area (Å²) in [6.07, 6.45) is 5.44. The van der Waals surface area contributed by atoms with Crippen molar-refractivity contribution in [2.75, 3.05) is 36.4 Å². The van der Waals surface area contributed by atoms with Crippen LogP contribution in [-0.2, 0) is 0 Å². The number of aromatic nitrogens is 1. The highest BCUT2D eigenvalue weighted by molar-refractivity contribution is 7.16. The summed E-state index contributed by atoms with van der Waals surface area (Å²) >= 11 is 1.60. The Morgan fingerprint density at radius 2 is 1.94 bits per heavy atom. The number of anilines is 2. The molecule has 6 nitrogen and oxygen atoms in total. The summed E-state index contributed by atoms with van der Waals surface area (Å²) in [5.74, 6) is -0.150. The second-order valence-corrected chi connectivity index (χ2v) is 10.0. The smallest absolute Gasteiger partial charge is 0.291 e. The molecule has 5 rings (SSSR count). The summed E-state index contributed by atoms with van der Waals surface area (Å²) in [6, 6.07) is 14.5. The van der Waals surface area contributed by atoms with Crippen molar-refractivity contribution in [2.45, 2.75) is 19.9 Å². The minimum absolute atomic E-state index is 0.0204. The SMILES string of the molecule is Cc1sc(NC(=O)c2ccco2)c(C(c2ccc[nH+]c2)[NH+]2CCN(c3ccccc3F)CC2)c1C. The van der Waals surface area contributed by atoms with Crippen LogP contribution in [0, 0.1) is 19.7 Å². The number of piperazine rings is 1. The van der Waals surface area contributed by atoms with E-state index in [1.165, 1.54) is 27.7 Å². The predicted molar refractivity (Wildman–Crippen MR) is 135 cm³/mol. The highest BCUT2D eigenvalue weighted by Crippen LogP contribution is 2.38. The molecule has 0 saturated carbocycles. The zero-order chi connectivity index (χ0) is 24.4. The first kappa shape index (κ1) is 23.3. The van der Waals surface area contributed by atoms with Crippen LogP contribution in [0.5, 0.6) is 0 Å². The van der Waals surface area contributed by atoms with Gasteiger partial charge in [0.25, 0.3) is 5.91 Å². The second-order valence-electron chi connectivity index (χ2n) is 8.82. The molecule has 1 amide bonds. The molecule has 1 unspecified atom stereocenters. The molecule has 35 heavy (non-hydrogen) atoms. The van der Waals surface area contributed by atoms with Crippen LogP contribution >= 0.6 is 11.3 Å². The van der Waals surface area contributed by atoms with Crippen LogP contribution in [-0.4, -0.2) is 32.1 Å². The maximum atomic E-state index is 14.4. The number of para-hydroxylation sites is 1. The number of carbonyl (C=O) groups is 1. The van der Waals surface area contributed by atoms with Crippen molar-refractivity contribution >= 4 is 27.9 Å². The van der Waals surface area contributed by atoms with Gasteiger partial charge in [-0.1, -0.05) is 12.1 Å². The number of furan rings is 1. The second kappa shape index (κ2) is 10.0. The number of aryl methyl sites for hydroxylation is 1. The van der Waals surface area contributed by atoms with E-state index in [1.54, 1.807) is 29.5 Å². The quantitative estimate of drug-likeness (QED) is 0.432. The van der Waals surface area contributed by atoms with Crippen LogP contribution in [0.15, 0.2) is 71.6 Å². The van der Waals surface area contributed by atoms with Crippen molar-refractivity contribution in [3.05, 3.63) is 100 Å². The van der Waals surface area contributed by atoms with Crippen LogP contribution in [0.25, 0.3) is 0 Å². The third kappa shape index (κ3) is 4.72. The Kier molecular flexibility index (Phi) is 6.66. The number of rotatable bonds is 6. The highest BCUT2D eigenvalue weighted by atomic mass is 32.1. The largest absolute Gasteiger partial charge is 0.459 e. The molecule has 4 aromatic rings. The van der Waals surface area contributed by atoms with Crippen molar-refractivity contribution in [1.29, 1.82) is 0 Å². The zero-order valence-electron chi connectivity index (χ0n) is 19.8. The molecule has 1 aliphatic heterocycles. The van der Waals surface area contributed by atoms with E-state index in [4.69, 9.17) is 4.42 Å². The van der Waals surface area contributed by atoms with Gasteiger partial charge >= 0.3 is 0 Å². The van der Waals surface area contributed by atoms with E-state index in [9.17, 15) is 9.18 Å². The third-order valence-electron chi connectivity index (χ3n) is 6.76. The molecule has 180 valence electrons. The average molecular weight is 493 g/mol. The molecule has 1 saturated heterocycles. The van der Waals surface area contributed by atoms with Crippen LogP contribution in [0.1, 0.15) is 38.2 Å². The monoisotopic (exact) mass is 492 g/mol. The average Bonchev–Trinajstić information content (AvgIpc) is 3.51. The molecule has 3 N–H and O–H groups in total. The first-order valence-electron chi connectivity index (χ1n) is 11.8. The maximum absolute atomic E-state index is 14.4. The Labute approximate surface area is 208 Å². The van der Waals surface area contributed by atoms with E-state index < -0.39 is 0 Å². The van der Waals surface area contributed by atoms with Crippen LogP contribution in [0.2, 0.25) is 0 Å². The summed E-state index contributed by atoms with van der Waals surface area (Å²) in [5, 5.41) is 3.95. The summed E-state index contributed by atoms with van der Waals surface area (Å²) in [5.41, 5.74) is 4.12. The number of hydrogen-bond donors (Lipinski definition) is 2. The van der Waals surface area contributed by atoms with Gasteiger partial charge in [0.1, 0.15) is 16.9 Å². The van der Waals surface area contributed by atoms with Gasteiger partial charge < -0.3 is 19.5 Å². The summed E-state index contributed by atoms with van der Waals surface area (Å²) in [6.45, 7) is 7.39. The number of halogens is 1. The molecule has 0 spiro atoms. The van der Waals surface area contributed by atoms with Gasteiger partial charge in [-0.3, -0.25) is 4.79 Å². The van der Waals surface area contributed by atoms with Crippen LogP contribution in [0.4, 0.5) is 15.1 Å². The Morgan fingerprint density at radius 3 is 2.63 bits per heavy atom. The van der Waals surface area contributed by atoms with Gasteiger partial charge in [-0.05, 0) is 49.7 Å². The van der Waals surface area contributed by atoms with Gasteiger partial charge in [0.05, 0.1) is 49.3 Å². The fourth-order valence-corrected chi connectivity index (χ4v) is 5.98. The Bertz CT molecular complexity index is 1300. The Morgan fingerprint density at radius 1 is 1.14 bits per heavy atom. The first-order valence-corrected chi connectivity index (χ1v) is 12.6. The normalized spacial score (nSPS) is 15.2. The lowest BCUT2D eigenvalue weighted by Gasteiger charge is -2.38. The third-order valence-corrected chi connectivity index (χ3v) is 7.90. The van der Waals surface area contributed by atoms with E-state index in [-0.39, 0.29) is 23.5 Å². The summed E-state index contributed by atoms with van der Waals surface area (Å²) in [7, 11) is 0. The Hall–Kier alpha value is -3.49. The summed E-state index contributed by atoms with van der Waals surface area (Å²) in [4.78, 5) is 20.8. The molecule has 0 radical (unpaired) electrons. The van der Waals surface area contributed by atoms with Crippen LogP contribution in [0.3, 0.4) is 0 Å². The number of benzene rings is 1. The number of carbonyl (C=O) groups excluding carboxylic acids is 1. The molecule has 0 bridgehead atoms. The molecular formula is C27H29FN4O2S+2. The maximum Gasteiger partial charge on any atom is 0.291 e. The Balaban J connectivity index is 1.47. The fourth-order valence-electron chi connectivity index (χ4n) is 4.88. The lowest BCUT2D eigenvalue weighted by molar-refractivity contribution is -0.926. The standard InChI is InChI=1S/C27H27FN4O2S/c1-18-19(2)35-27(30-26(33)23-10-6-16-34-23)24(18)25(20-7-5-11-29-17-20)32-14-12-31(13-15-32)22-9-4-3-8-21(22)28/h3-11,16-17,25H,12-15H2,1-2H3,(H,30,33)/p+2. The van der Waals surface area contributed by atoms with Gasteiger partial charge in [-0.25, -0.2) is 9.37 Å².